The van der Waals surface area contributed by atoms with E-state index in [2.05, 4.69) is 6.92 Å². The van der Waals surface area contributed by atoms with Crippen molar-refractivity contribution in [2.45, 2.75) is 44.0 Å². The third kappa shape index (κ3) is 7.04. The van der Waals surface area contributed by atoms with Crippen LogP contribution in [-0.2, 0) is 27.5 Å². The molecular formula is C19H25O7PS. The maximum absolute atomic E-state index is 11.3. The molecule has 0 aromatic heterocycles. The van der Waals surface area contributed by atoms with Gasteiger partial charge in [-0.1, -0.05) is 37.6 Å². The number of benzene rings is 2. The molecule has 0 aliphatic carbocycles. The van der Waals surface area contributed by atoms with Crippen molar-refractivity contribution in [1.29, 1.82) is 0 Å². The van der Waals surface area contributed by atoms with Crippen LogP contribution >= 0.6 is 7.60 Å². The van der Waals surface area contributed by atoms with Crippen molar-refractivity contribution in [3.63, 3.8) is 0 Å². The Kier molecular flexibility index (Phi) is 7.80. The Balaban J connectivity index is 1.98. The predicted octanol–water partition coefficient (Wildman–Crippen LogP) is 4.15. The Morgan fingerprint density at radius 1 is 1.00 bits per heavy atom. The molecule has 3 N–H and O–H groups in total. The predicted molar refractivity (Wildman–Crippen MR) is 107 cm³/mol. The first-order valence-electron chi connectivity index (χ1n) is 8.97. The summed E-state index contributed by atoms with van der Waals surface area (Å²) in [6.45, 7) is 2.12. The van der Waals surface area contributed by atoms with E-state index in [4.69, 9.17) is 19.1 Å². The summed E-state index contributed by atoms with van der Waals surface area (Å²) in [6, 6.07) is 15.0. The van der Waals surface area contributed by atoms with E-state index in [1.54, 1.807) is 18.2 Å². The molecule has 154 valence electrons. The molecule has 28 heavy (non-hydrogen) atoms. The SMILES string of the molecule is CCCc1ccc(Oc2cccc(CCCC(P(=O)(O)O)S(=O)(=O)O)c2)cc1. The quantitative estimate of drug-likeness (QED) is 0.384. The Morgan fingerprint density at radius 3 is 2.25 bits per heavy atom. The van der Waals surface area contributed by atoms with Gasteiger partial charge in [-0.3, -0.25) is 9.12 Å². The van der Waals surface area contributed by atoms with Crippen molar-refractivity contribution in [2.24, 2.45) is 0 Å². The molecule has 0 bridgehead atoms. The standard InChI is InChI=1S/C19H25O7PS/c1-2-5-15-10-12-17(13-11-15)26-18-8-3-6-16(14-18)7-4-9-19(27(20,21)22)28(23,24)25/h3,6,8,10-14,19H,2,4-5,7,9H2,1H3,(H2,20,21,22)(H,23,24,25). The molecule has 0 spiro atoms. The van der Waals surface area contributed by atoms with E-state index >= 15 is 0 Å². The number of hydrogen-bond donors (Lipinski definition) is 3. The summed E-state index contributed by atoms with van der Waals surface area (Å²) in [5, 5.41) is 0. The van der Waals surface area contributed by atoms with Crippen molar-refractivity contribution >= 4 is 17.7 Å². The summed E-state index contributed by atoms with van der Waals surface area (Å²) >= 11 is 0. The van der Waals surface area contributed by atoms with Crippen LogP contribution in [-0.4, -0.2) is 27.7 Å². The van der Waals surface area contributed by atoms with Crippen molar-refractivity contribution in [1.82, 2.24) is 0 Å². The van der Waals surface area contributed by atoms with E-state index in [0.29, 0.717) is 17.9 Å². The molecule has 0 amide bonds. The molecule has 0 fully saturated rings. The van der Waals surface area contributed by atoms with Gasteiger partial charge in [0.05, 0.1) is 0 Å². The third-order valence-electron chi connectivity index (χ3n) is 4.23. The molecule has 0 saturated carbocycles. The van der Waals surface area contributed by atoms with Crippen molar-refractivity contribution in [2.75, 3.05) is 0 Å². The summed E-state index contributed by atoms with van der Waals surface area (Å²) < 4.78 is 48.5. The minimum Gasteiger partial charge on any atom is -0.457 e. The van der Waals surface area contributed by atoms with Gasteiger partial charge in [0.1, 0.15) is 11.5 Å². The fraction of sp³-hybridized carbons (Fsp3) is 0.368. The molecule has 0 heterocycles. The number of ether oxygens (including phenoxy) is 1. The lowest BCUT2D eigenvalue weighted by Gasteiger charge is -2.15. The zero-order chi connectivity index (χ0) is 20.8. The number of hydrogen-bond acceptors (Lipinski definition) is 4. The van der Waals surface area contributed by atoms with Crippen LogP contribution in [0, 0.1) is 0 Å². The van der Waals surface area contributed by atoms with Crippen LogP contribution in [0.2, 0.25) is 0 Å². The first-order valence-corrected chi connectivity index (χ1v) is 12.2. The molecule has 9 heteroatoms. The van der Waals surface area contributed by atoms with Crippen LogP contribution in [0.15, 0.2) is 48.5 Å². The fourth-order valence-electron chi connectivity index (χ4n) is 2.88. The monoisotopic (exact) mass is 428 g/mol. The van der Waals surface area contributed by atoms with E-state index < -0.39 is 22.7 Å². The first-order chi connectivity index (χ1) is 13.1. The van der Waals surface area contributed by atoms with E-state index in [1.807, 2.05) is 30.3 Å². The molecule has 2 aromatic rings. The number of rotatable bonds is 10. The highest BCUT2D eigenvalue weighted by molar-refractivity contribution is 7.93. The topological polar surface area (TPSA) is 121 Å². The van der Waals surface area contributed by atoms with Crippen LogP contribution in [0.25, 0.3) is 0 Å². The minimum absolute atomic E-state index is 0.185. The van der Waals surface area contributed by atoms with E-state index in [-0.39, 0.29) is 12.8 Å². The zero-order valence-electron chi connectivity index (χ0n) is 15.6. The van der Waals surface area contributed by atoms with Gasteiger partial charge in [-0.15, -0.1) is 0 Å². The third-order valence-corrected chi connectivity index (χ3v) is 7.79. The molecule has 2 aromatic carbocycles. The lowest BCUT2D eigenvalue weighted by Crippen LogP contribution is -2.20. The maximum atomic E-state index is 11.3. The summed E-state index contributed by atoms with van der Waals surface area (Å²) in [7, 11) is -9.77. The molecular weight excluding hydrogens is 403 g/mol. The van der Waals surface area contributed by atoms with Gasteiger partial charge in [0, 0.05) is 0 Å². The highest BCUT2D eigenvalue weighted by Gasteiger charge is 2.38. The van der Waals surface area contributed by atoms with Gasteiger partial charge in [-0.05, 0) is 61.1 Å². The number of aryl methyl sites for hydroxylation is 2. The Hall–Kier alpha value is -1.70. The molecule has 0 radical (unpaired) electrons. The van der Waals surface area contributed by atoms with Gasteiger partial charge in [0.2, 0.25) is 0 Å². The minimum atomic E-state index is -4.95. The highest BCUT2D eigenvalue weighted by Crippen LogP contribution is 2.46. The second-order valence-corrected chi connectivity index (χ2v) is 10.3. The van der Waals surface area contributed by atoms with Crippen LogP contribution in [0.1, 0.15) is 37.3 Å². The normalized spacial score (nSPS) is 13.3. The lowest BCUT2D eigenvalue weighted by molar-refractivity contribution is 0.360. The van der Waals surface area contributed by atoms with E-state index in [9.17, 15) is 13.0 Å². The summed E-state index contributed by atoms with van der Waals surface area (Å²) in [5.41, 5.74) is 2.07. The summed E-state index contributed by atoms with van der Waals surface area (Å²) in [5.74, 6) is 1.31. The molecule has 0 aliphatic rings. The second-order valence-electron chi connectivity index (χ2n) is 6.59. The molecule has 2 rings (SSSR count). The average Bonchev–Trinajstić information content (AvgIpc) is 2.59. The van der Waals surface area contributed by atoms with Gasteiger partial charge in [0.25, 0.3) is 10.1 Å². The Bertz CT molecular complexity index is 920. The van der Waals surface area contributed by atoms with Gasteiger partial charge < -0.3 is 14.5 Å². The fourth-order valence-corrected chi connectivity index (χ4v) is 5.26. The Labute approximate surface area is 165 Å². The largest absolute Gasteiger partial charge is 0.457 e. The smallest absolute Gasteiger partial charge is 0.346 e. The van der Waals surface area contributed by atoms with E-state index in [0.717, 1.165) is 18.4 Å². The molecule has 0 aliphatic heterocycles. The molecule has 7 nitrogen and oxygen atoms in total. The van der Waals surface area contributed by atoms with Gasteiger partial charge >= 0.3 is 7.60 Å². The van der Waals surface area contributed by atoms with Gasteiger partial charge in [-0.2, -0.15) is 8.42 Å². The van der Waals surface area contributed by atoms with Crippen molar-refractivity contribution in [3.8, 4) is 11.5 Å². The van der Waals surface area contributed by atoms with Crippen molar-refractivity contribution in [3.05, 3.63) is 59.7 Å². The Morgan fingerprint density at radius 2 is 1.68 bits per heavy atom. The van der Waals surface area contributed by atoms with Gasteiger partial charge in [-0.25, -0.2) is 0 Å². The highest BCUT2D eigenvalue weighted by atomic mass is 32.2. The van der Waals surface area contributed by atoms with Crippen LogP contribution in [0.4, 0.5) is 0 Å². The van der Waals surface area contributed by atoms with Crippen LogP contribution < -0.4 is 4.74 Å². The van der Waals surface area contributed by atoms with Crippen LogP contribution in [0.5, 0.6) is 11.5 Å². The molecule has 1 unspecified atom stereocenters. The maximum Gasteiger partial charge on any atom is 0.346 e. The first kappa shape index (κ1) is 22.6. The molecule has 1 atom stereocenters. The average molecular weight is 428 g/mol. The molecule has 0 saturated heterocycles. The summed E-state index contributed by atoms with van der Waals surface area (Å²) in [6.07, 6.45) is 2.31. The second kappa shape index (κ2) is 9.67. The zero-order valence-corrected chi connectivity index (χ0v) is 17.3. The lowest BCUT2D eigenvalue weighted by atomic mass is 10.1. The van der Waals surface area contributed by atoms with E-state index in [1.165, 1.54) is 5.56 Å². The summed E-state index contributed by atoms with van der Waals surface area (Å²) in [4.78, 5) is 16.2. The van der Waals surface area contributed by atoms with Crippen molar-refractivity contribution < 1.29 is 32.1 Å². The van der Waals surface area contributed by atoms with Crippen LogP contribution in [0.3, 0.4) is 0 Å². The van der Waals surface area contributed by atoms with Gasteiger partial charge in [0.15, 0.2) is 4.99 Å².